The zero-order chi connectivity index (χ0) is 19.2. The second-order valence-electron chi connectivity index (χ2n) is 5.94. The number of methoxy groups -OCH3 is 2. The Morgan fingerprint density at radius 2 is 1.70 bits per heavy atom. The summed E-state index contributed by atoms with van der Waals surface area (Å²) in [5.74, 6) is 1.07. The number of amides is 1. The second-order valence-corrected chi connectivity index (χ2v) is 5.94. The molecule has 0 aliphatic heterocycles. The minimum atomic E-state index is -0.308. The van der Waals surface area contributed by atoms with Crippen LogP contribution in [0.5, 0.6) is 11.5 Å². The molecule has 1 heterocycles. The van der Waals surface area contributed by atoms with Crippen LogP contribution in [0.15, 0.2) is 60.8 Å². The van der Waals surface area contributed by atoms with Crippen molar-refractivity contribution in [3.63, 3.8) is 0 Å². The normalized spacial score (nSPS) is 10.2. The van der Waals surface area contributed by atoms with Gasteiger partial charge in [0.05, 0.1) is 19.9 Å². The van der Waals surface area contributed by atoms with Gasteiger partial charge in [-0.1, -0.05) is 6.07 Å². The van der Waals surface area contributed by atoms with Crippen molar-refractivity contribution in [3.8, 4) is 11.5 Å². The molecule has 0 aliphatic carbocycles. The first-order chi connectivity index (χ1) is 13.1. The Labute approximate surface area is 158 Å². The van der Waals surface area contributed by atoms with Gasteiger partial charge in [0, 0.05) is 17.6 Å². The first kappa shape index (κ1) is 18.3. The number of carbonyl (C=O) groups is 1. The Balaban J connectivity index is 1.76. The molecule has 1 amide bonds. The predicted molar refractivity (Wildman–Crippen MR) is 106 cm³/mol. The summed E-state index contributed by atoms with van der Waals surface area (Å²) in [6.45, 7) is 1.95. The van der Waals surface area contributed by atoms with E-state index in [0.717, 1.165) is 22.7 Å². The summed E-state index contributed by atoms with van der Waals surface area (Å²) >= 11 is 0. The number of hydrogen-bond acceptors (Lipinski definition) is 5. The third kappa shape index (κ3) is 4.55. The maximum absolute atomic E-state index is 12.6. The molecule has 0 saturated carbocycles. The van der Waals surface area contributed by atoms with E-state index in [4.69, 9.17) is 9.47 Å². The van der Waals surface area contributed by atoms with Crippen molar-refractivity contribution in [2.45, 2.75) is 6.92 Å². The number of carbonyl (C=O) groups excluding carboxylic acids is 1. The van der Waals surface area contributed by atoms with Crippen LogP contribution in [-0.4, -0.2) is 25.1 Å². The number of anilines is 3. The largest absolute Gasteiger partial charge is 0.497 e. The van der Waals surface area contributed by atoms with Crippen LogP contribution in [0.1, 0.15) is 16.1 Å². The number of rotatable bonds is 6. The molecule has 0 saturated heterocycles. The van der Waals surface area contributed by atoms with E-state index in [2.05, 4.69) is 15.6 Å². The quantitative estimate of drug-likeness (QED) is 0.679. The maximum atomic E-state index is 12.6. The maximum Gasteiger partial charge on any atom is 0.274 e. The highest BCUT2D eigenvalue weighted by molar-refractivity contribution is 6.04. The van der Waals surface area contributed by atoms with Gasteiger partial charge < -0.3 is 20.1 Å². The number of benzene rings is 2. The highest BCUT2D eigenvalue weighted by Crippen LogP contribution is 2.26. The van der Waals surface area contributed by atoms with Gasteiger partial charge >= 0.3 is 0 Å². The number of ether oxygens (including phenoxy) is 2. The lowest BCUT2D eigenvalue weighted by Gasteiger charge is -2.12. The van der Waals surface area contributed by atoms with Crippen LogP contribution < -0.4 is 20.1 Å². The van der Waals surface area contributed by atoms with Gasteiger partial charge in [-0.15, -0.1) is 0 Å². The molecule has 3 aromatic rings. The number of nitrogens with zero attached hydrogens (tertiary/aromatic N) is 1. The van der Waals surface area contributed by atoms with E-state index < -0.39 is 0 Å². The predicted octanol–water partition coefficient (Wildman–Crippen LogP) is 4.40. The SMILES string of the molecule is COc1ccc(Nc2ccnc(C(=O)Nc3cc(C)ccc3OC)c2)cc1. The lowest BCUT2D eigenvalue weighted by molar-refractivity contribution is 0.102. The number of nitrogens with one attached hydrogen (secondary N) is 2. The van der Waals surface area contributed by atoms with E-state index in [1.165, 1.54) is 0 Å². The van der Waals surface area contributed by atoms with Crippen molar-refractivity contribution < 1.29 is 14.3 Å². The summed E-state index contributed by atoms with van der Waals surface area (Å²) in [7, 11) is 3.19. The molecule has 0 bridgehead atoms. The lowest BCUT2D eigenvalue weighted by atomic mass is 10.2. The summed E-state index contributed by atoms with van der Waals surface area (Å²) < 4.78 is 10.5. The van der Waals surface area contributed by atoms with Crippen LogP contribution in [0.3, 0.4) is 0 Å². The molecule has 1 aromatic heterocycles. The van der Waals surface area contributed by atoms with Gasteiger partial charge in [0.15, 0.2) is 0 Å². The second kappa shape index (κ2) is 8.23. The van der Waals surface area contributed by atoms with Gasteiger partial charge in [-0.2, -0.15) is 0 Å². The van der Waals surface area contributed by atoms with Crippen LogP contribution in [0, 0.1) is 6.92 Å². The average molecular weight is 363 g/mol. The highest BCUT2D eigenvalue weighted by Gasteiger charge is 2.12. The smallest absolute Gasteiger partial charge is 0.274 e. The van der Waals surface area contributed by atoms with Gasteiger partial charge in [-0.3, -0.25) is 9.78 Å². The number of pyridine rings is 1. The first-order valence-corrected chi connectivity index (χ1v) is 8.42. The third-order valence-electron chi connectivity index (χ3n) is 3.97. The zero-order valence-electron chi connectivity index (χ0n) is 15.4. The average Bonchev–Trinajstić information content (AvgIpc) is 2.69. The minimum absolute atomic E-state index is 0.303. The highest BCUT2D eigenvalue weighted by atomic mass is 16.5. The number of aromatic nitrogens is 1. The molecule has 3 rings (SSSR count). The van der Waals surface area contributed by atoms with E-state index >= 15 is 0 Å². The molecule has 2 aromatic carbocycles. The summed E-state index contributed by atoms with van der Waals surface area (Å²) in [6.07, 6.45) is 1.59. The summed E-state index contributed by atoms with van der Waals surface area (Å²) in [5, 5.41) is 6.10. The van der Waals surface area contributed by atoms with Crippen molar-refractivity contribution >= 4 is 23.0 Å². The van der Waals surface area contributed by atoms with Crippen LogP contribution in [0.2, 0.25) is 0 Å². The standard InChI is InChI=1S/C21H21N3O3/c1-14-4-9-20(27-3)18(12-14)24-21(25)19-13-16(10-11-22-19)23-15-5-7-17(26-2)8-6-15/h4-13H,1-3H3,(H,22,23)(H,24,25). The zero-order valence-corrected chi connectivity index (χ0v) is 15.4. The number of hydrogen-bond donors (Lipinski definition) is 2. The van der Waals surface area contributed by atoms with Crippen molar-refractivity contribution in [1.29, 1.82) is 0 Å². The van der Waals surface area contributed by atoms with E-state index in [0.29, 0.717) is 17.1 Å². The molecular weight excluding hydrogens is 342 g/mol. The lowest BCUT2D eigenvalue weighted by Crippen LogP contribution is -2.14. The van der Waals surface area contributed by atoms with Crippen molar-refractivity contribution in [1.82, 2.24) is 4.98 Å². The van der Waals surface area contributed by atoms with E-state index in [-0.39, 0.29) is 5.91 Å². The molecule has 0 radical (unpaired) electrons. The van der Waals surface area contributed by atoms with E-state index in [9.17, 15) is 4.79 Å². The fourth-order valence-corrected chi connectivity index (χ4v) is 2.58. The fourth-order valence-electron chi connectivity index (χ4n) is 2.58. The van der Waals surface area contributed by atoms with Crippen LogP contribution in [0.25, 0.3) is 0 Å². The first-order valence-electron chi connectivity index (χ1n) is 8.42. The van der Waals surface area contributed by atoms with E-state index in [1.807, 2.05) is 49.4 Å². The van der Waals surface area contributed by atoms with Gasteiger partial charge in [0.1, 0.15) is 17.2 Å². The Kier molecular flexibility index (Phi) is 5.56. The minimum Gasteiger partial charge on any atom is -0.497 e. The molecule has 0 aliphatic rings. The Morgan fingerprint density at radius 3 is 2.41 bits per heavy atom. The Bertz CT molecular complexity index is 940. The van der Waals surface area contributed by atoms with Gasteiger partial charge in [0.2, 0.25) is 0 Å². The summed E-state index contributed by atoms with van der Waals surface area (Å²) in [6, 6.07) is 16.6. The van der Waals surface area contributed by atoms with Gasteiger partial charge in [-0.25, -0.2) is 0 Å². The summed E-state index contributed by atoms with van der Waals surface area (Å²) in [4.78, 5) is 16.8. The molecule has 6 nitrogen and oxygen atoms in total. The van der Waals surface area contributed by atoms with Crippen LogP contribution >= 0.6 is 0 Å². The molecule has 0 atom stereocenters. The molecular formula is C21H21N3O3. The van der Waals surface area contributed by atoms with Gasteiger partial charge in [-0.05, 0) is 61.0 Å². The molecule has 2 N–H and O–H groups in total. The Hall–Kier alpha value is -3.54. The molecule has 0 unspecified atom stereocenters. The summed E-state index contributed by atoms with van der Waals surface area (Å²) in [5.41, 5.74) is 3.58. The molecule has 0 spiro atoms. The van der Waals surface area contributed by atoms with Crippen LogP contribution in [0.4, 0.5) is 17.1 Å². The van der Waals surface area contributed by atoms with Crippen molar-refractivity contribution in [3.05, 3.63) is 72.1 Å². The number of aryl methyl sites for hydroxylation is 1. The van der Waals surface area contributed by atoms with Crippen molar-refractivity contribution in [2.75, 3.05) is 24.9 Å². The van der Waals surface area contributed by atoms with E-state index in [1.54, 1.807) is 32.5 Å². The molecule has 138 valence electrons. The van der Waals surface area contributed by atoms with Crippen molar-refractivity contribution in [2.24, 2.45) is 0 Å². The monoisotopic (exact) mass is 363 g/mol. The Morgan fingerprint density at radius 1 is 0.926 bits per heavy atom. The molecule has 27 heavy (non-hydrogen) atoms. The third-order valence-corrected chi connectivity index (χ3v) is 3.97. The molecule has 0 fully saturated rings. The van der Waals surface area contributed by atoms with Crippen LogP contribution in [-0.2, 0) is 0 Å². The topological polar surface area (TPSA) is 72.5 Å². The van der Waals surface area contributed by atoms with Gasteiger partial charge in [0.25, 0.3) is 5.91 Å². The molecule has 6 heteroatoms. The fraction of sp³-hybridized carbons (Fsp3) is 0.143.